The largest absolute Gasteiger partial charge is 0.399 e. The molecule has 1 amide bonds. The number of carbonyl (C=O) groups is 1. The molecular formula is C14H12Cl2N2O. The maximum absolute atomic E-state index is 12.3. The number of nitrogens with zero attached hydrogens (tertiary/aromatic N) is 1. The van der Waals surface area contributed by atoms with E-state index in [4.69, 9.17) is 28.9 Å². The molecule has 19 heavy (non-hydrogen) atoms. The molecule has 2 aromatic carbocycles. The van der Waals surface area contributed by atoms with Crippen molar-refractivity contribution in [2.75, 3.05) is 17.7 Å². The fraction of sp³-hybridized carbons (Fsp3) is 0.0714. The molecule has 0 aromatic heterocycles. The Morgan fingerprint density at radius 3 is 2.32 bits per heavy atom. The Hall–Kier alpha value is -1.71. The molecule has 0 atom stereocenters. The highest BCUT2D eigenvalue weighted by atomic mass is 35.5. The first-order valence-electron chi connectivity index (χ1n) is 5.57. The normalized spacial score (nSPS) is 10.3. The first-order chi connectivity index (χ1) is 8.97. The van der Waals surface area contributed by atoms with Gasteiger partial charge in [0.25, 0.3) is 5.91 Å². The van der Waals surface area contributed by atoms with Gasteiger partial charge in [0.05, 0.1) is 0 Å². The van der Waals surface area contributed by atoms with Gasteiger partial charge in [0.15, 0.2) is 0 Å². The predicted octanol–water partition coefficient (Wildman–Crippen LogP) is 3.85. The van der Waals surface area contributed by atoms with Gasteiger partial charge < -0.3 is 10.6 Å². The summed E-state index contributed by atoms with van der Waals surface area (Å²) < 4.78 is 0. The van der Waals surface area contributed by atoms with Crippen LogP contribution < -0.4 is 10.6 Å². The summed E-state index contributed by atoms with van der Waals surface area (Å²) >= 11 is 11.8. The van der Waals surface area contributed by atoms with E-state index in [0.717, 1.165) is 0 Å². The zero-order valence-corrected chi connectivity index (χ0v) is 11.7. The summed E-state index contributed by atoms with van der Waals surface area (Å²) in [4.78, 5) is 13.8. The Bertz CT molecular complexity index is 608. The predicted molar refractivity (Wildman–Crippen MR) is 80.0 cm³/mol. The molecule has 0 unspecified atom stereocenters. The van der Waals surface area contributed by atoms with E-state index in [0.29, 0.717) is 27.0 Å². The zero-order chi connectivity index (χ0) is 14.0. The monoisotopic (exact) mass is 294 g/mol. The number of nitrogens with two attached hydrogens (primary N) is 1. The molecule has 0 saturated carbocycles. The number of nitrogen functional groups attached to an aromatic ring is 1. The Balaban J connectivity index is 2.33. The van der Waals surface area contributed by atoms with Crippen LogP contribution in [-0.2, 0) is 0 Å². The van der Waals surface area contributed by atoms with Gasteiger partial charge in [-0.2, -0.15) is 0 Å². The molecule has 2 aromatic rings. The number of halogens is 2. The van der Waals surface area contributed by atoms with Crippen LogP contribution in [-0.4, -0.2) is 13.0 Å². The molecule has 0 fully saturated rings. The Kier molecular flexibility index (Phi) is 3.98. The zero-order valence-electron chi connectivity index (χ0n) is 10.2. The third-order valence-corrected chi connectivity index (χ3v) is 3.11. The van der Waals surface area contributed by atoms with E-state index in [1.807, 2.05) is 0 Å². The average Bonchev–Trinajstić information content (AvgIpc) is 2.36. The van der Waals surface area contributed by atoms with Crippen molar-refractivity contribution in [2.24, 2.45) is 0 Å². The summed E-state index contributed by atoms with van der Waals surface area (Å²) in [6.45, 7) is 0. The minimum Gasteiger partial charge on any atom is -0.399 e. The molecule has 2 N–H and O–H groups in total. The van der Waals surface area contributed by atoms with E-state index in [2.05, 4.69) is 0 Å². The molecular weight excluding hydrogens is 283 g/mol. The Labute approximate surface area is 121 Å². The fourth-order valence-electron chi connectivity index (χ4n) is 1.72. The van der Waals surface area contributed by atoms with E-state index in [1.54, 1.807) is 49.5 Å². The van der Waals surface area contributed by atoms with Crippen LogP contribution in [0.5, 0.6) is 0 Å². The summed E-state index contributed by atoms with van der Waals surface area (Å²) in [5.74, 6) is -0.199. The lowest BCUT2D eigenvalue weighted by Crippen LogP contribution is -2.26. The SMILES string of the molecule is CN(C(=O)c1cc(Cl)cc(Cl)c1)c1cccc(N)c1. The van der Waals surface area contributed by atoms with Gasteiger partial charge in [-0.25, -0.2) is 0 Å². The molecule has 0 heterocycles. The smallest absolute Gasteiger partial charge is 0.258 e. The van der Waals surface area contributed by atoms with Gasteiger partial charge in [0, 0.05) is 34.0 Å². The van der Waals surface area contributed by atoms with Crippen molar-refractivity contribution in [3.8, 4) is 0 Å². The molecule has 0 aliphatic carbocycles. The highest BCUT2D eigenvalue weighted by molar-refractivity contribution is 6.35. The van der Waals surface area contributed by atoms with Gasteiger partial charge in [0.1, 0.15) is 0 Å². The number of amides is 1. The van der Waals surface area contributed by atoms with Crippen LogP contribution >= 0.6 is 23.2 Å². The van der Waals surface area contributed by atoms with Crippen LogP contribution in [0.3, 0.4) is 0 Å². The molecule has 0 radical (unpaired) electrons. The molecule has 3 nitrogen and oxygen atoms in total. The molecule has 98 valence electrons. The van der Waals surface area contributed by atoms with Crippen molar-refractivity contribution in [3.63, 3.8) is 0 Å². The minimum absolute atomic E-state index is 0.199. The number of benzene rings is 2. The van der Waals surface area contributed by atoms with Crippen LogP contribution in [0.15, 0.2) is 42.5 Å². The van der Waals surface area contributed by atoms with Crippen LogP contribution in [0, 0.1) is 0 Å². The third-order valence-electron chi connectivity index (χ3n) is 2.67. The molecule has 0 aliphatic heterocycles. The van der Waals surface area contributed by atoms with Crippen LogP contribution in [0.25, 0.3) is 0 Å². The van der Waals surface area contributed by atoms with E-state index >= 15 is 0 Å². The lowest BCUT2D eigenvalue weighted by molar-refractivity contribution is 0.0993. The highest BCUT2D eigenvalue weighted by Crippen LogP contribution is 2.23. The number of hydrogen-bond donors (Lipinski definition) is 1. The minimum atomic E-state index is -0.199. The second kappa shape index (κ2) is 5.51. The molecule has 2 rings (SSSR count). The van der Waals surface area contributed by atoms with E-state index in [9.17, 15) is 4.79 Å². The molecule has 5 heteroatoms. The number of anilines is 2. The number of hydrogen-bond acceptors (Lipinski definition) is 2. The van der Waals surface area contributed by atoms with Crippen LogP contribution in [0.4, 0.5) is 11.4 Å². The third kappa shape index (κ3) is 3.19. The van der Waals surface area contributed by atoms with Gasteiger partial charge in [-0.1, -0.05) is 29.3 Å². The van der Waals surface area contributed by atoms with E-state index in [1.165, 1.54) is 4.90 Å². The Morgan fingerprint density at radius 1 is 1.11 bits per heavy atom. The maximum atomic E-state index is 12.3. The topological polar surface area (TPSA) is 46.3 Å². The van der Waals surface area contributed by atoms with Crippen LogP contribution in [0.2, 0.25) is 10.0 Å². The van der Waals surface area contributed by atoms with Crippen molar-refractivity contribution in [3.05, 3.63) is 58.1 Å². The van der Waals surface area contributed by atoms with Crippen molar-refractivity contribution >= 4 is 40.5 Å². The van der Waals surface area contributed by atoms with Gasteiger partial charge >= 0.3 is 0 Å². The summed E-state index contributed by atoms with van der Waals surface area (Å²) in [5.41, 5.74) is 7.44. The summed E-state index contributed by atoms with van der Waals surface area (Å²) in [5, 5.41) is 0.855. The first kappa shape index (κ1) is 13.7. The maximum Gasteiger partial charge on any atom is 0.258 e. The van der Waals surface area contributed by atoms with Gasteiger partial charge in [-0.15, -0.1) is 0 Å². The molecule has 0 spiro atoms. The molecule has 0 bridgehead atoms. The van der Waals surface area contributed by atoms with Crippen molar-refractivity contribution < 1.29 is 4.79 Å². The summed E-state index contributed by atoms with van der Waals surface area (Å²) in [6, 6.07) is 11.8. The van der Waals surface area contributed by atoms with Crippen molar-refractivity contribution in [2.45, 2.75) is 0 Å². The first-order valence-corrected chi connectivity index (χ1v) is 6.32. The van der Waals surface area contributed by atoms with Crippen molar-refractivity contribution in [1.29, 1.82) is 0 Å². The lowest BCUT2D eigenvalue weighted by Gasteiger charge is -2.18. The second-order valence-electron chi connectivity index (χ2n) is 4.12. The molecule has 0 saturated heterocycles. The standard InChI is InChI=1S/C14H12Cl2N2O/c1-18(13-4-2-3-12(17)8-13)14(19)9-5-10(15)7-11(16)6-9/h2-8H,17H2,1H3. The molecule has 0 aliphatic rings. The summed E-state index contributed by atoms with van der Waals surface area (Å²) in [6.07, 6.45) is 0. The Morgan fingerprint density at radius 2 is 1.74 bits per heavy atom. The van der Waals surface area contributed by atoms with Crippen molar-refractivity contribution in [1.82, 2.24) is 0 Å². The number of rotatable bonds is 2. The van der Waals surface area contributed by atoms with Gasteiger partial charge in [0.2, 0.25) is 0 Å². The number of carbonyl (C=O) groups excluding carboxylic acids is 1. The van der Waals surface area contributed by atoms with E-state index in [-0.39, 0.29) is 5.91 Å². The second-order valence-corrected chi connectivity index (χ2v) is 4.99. The quantitative estimate of drug-likeness (QED) is 0.855. The average molecular weight is 295 g/mol. The van der Waals surface area contributed by atoms with Gasteiger partial charge in [-0.3, -0.25) is 4.79 Å². The summed E-state index contributed by atoms with van der Waals surface area (Å²) in [7, 11) is 1.67. The fourth-order valence-corrected chi connectivity index (χ4v) is 2.25. The van der Waals surface area contributed by atoms with Crippen LogP contribution in [0.1, 0.15) is 10.4 Å². The lowest BCUT2D eigenvalue weighted by atomic mass is 10.2. The van der Waals surface area contributed by atoms with Gasteiger partial charge in [-0.05, 0) is 36.4 Å². The van der Waals surface area contributed by atoms with E-state index < -0.39 is 0 Å². The highest BCUT2D eigenvalue weighted by Gasteiger charge is 2.14.